The summed E-state index contributed by atoms with van der Waals surface area (Å²) in [6, 6.07) is 9.26. The quantitative estimate of drug-likeness (QED) is 0.793. The van der Waals surface area contributed by atoms with E-state index in [1.165, 1.54) is 25.3 Å². The van der Waals surface area contributed by atoms with Crippen LogP contribution in [0.4, 0.5) is 5.69 Å². The fraction of sp³-hybridized carbons (Fsp3) is 0.176. The maximum absolute atomic E-state index is 12.3. The molecule has 0 fully saturated rings. The van der Waals surface area contributed by atoms with E-state index in [2.05, 4.69) is 5.32 Å². The predicted molar refractivity (Wildman–Crippen MR) is 93.4 cm³/mol. The molecular formula is C17H15Cl2NO4. The highest BCUT2D eigenvalue weighted by molar-refractivity contribution is 6.34. The fourth-order valence-corrected chi connectivity index (χ4v) is 2.43. The molecule has 0 aliphatic rings. The van der Waals surface area contributed by atoms with Crippen LogP contribution in [-0.2, 0) is 4.74 Å². The average molecular weight is 368 g/mol. The van der Waals surface area contributed by atoms with Gasteiger partial charge in [-0.15, -0.1) is 0 Å². The van der Waals surface area contributed by atoms with Crippen LogP contribution in [0.3, 0.4) is 0 Å². The van der Waals surface area contributed by atoms with E-state index in [1.54, 1.807) is 25.1 Å². The first-order valence-corrected chi connectivity index (χ1v) is 7.83. The largest absolute Gasteiger partial charge is 0.495 e. The van der Waals surface area contributed by atoms with E-state index in [4.69, 9.17) is 32.7 Å². The minimum Gasteiger partial charge on any atom is -0.495 e. The van der Waals surface area contributed by atoms with Crippen molar-refractivity contribution in [2.45, 2.75) is 6.92 Å². The standard InChI is InChI=1S/C17H15Cl2NO4/c1-3-24-17(22)12-9-11(5-6-13(12)18)20-16(21)10-4-7-15(23-2)14(19)8-10/h4-9H,3H2,1-2H3,(H,20,21). The molecular weight excluding hydrogens is 353 g/mol. The minimum absolute atomic E-state index is 0.184. The Morgan fingerprint density at radius 1 is 1.08 bits per heavy atom. The lowest BCUT2D eigenvalue weighted by molar-refractivity contribution is 0.0526. The van der Waals surface area contributed by atoms with Crippen molar-refractivity contribution in [3.8, 4) is 5.75 Å². The molecule has 126 valence electrons. The molecule has 5 nitrogen and oxygen atoms in total. The lowest BCUT2D eigenvalue weighted by atomic mass is 10.1. The molecule has 0 unspecified atom stereocenters. The molecule has 7 heteroatoms. The first-order chi connectivity index (χ1) is 11.5. The van der Waals surface area contributed by atoms with Gasteiger partial charge in [0, 0.05) is 11.3 Å². The Morgan fingerprint density at radius 3 is 2.46 bits per heavy atom. The first kappa shape index (κ1) is 18.1. The molecule has 0 spiro atoms. The van der Waals surface area contributed by atoms with Crippen molar-refractivity contribution >= 4 is 40.8 Å². The zero-order chi connectivity index (χ0) is 17.7. The maximum Gasteiger partial charge on any atom is 0.339 e. The summed E-state index contributed by atoms with van der Waals surface area (Å²) in [6.45, 7) is 1.93. The summed E-state index contributed by atoms with van der Waals surface area (Å²) in [5.41, 5.74) is 0.955. The second-order valence-corrected chi connectivity index (χ2v) is 5.53. The molecule has 0 aliphatic heterocycles. The molecule has 0 saturated carbocycles. The first-order valence-electron chi connectivity index (χ1n) is 7.07. The van der Waals surface area contributed by atoms with Crippen LogP contribution in [0.2, 0.25) is 10.0 Å². The van der Waals surface area contributed by atoms with Crippen molar-refractivity contribution < 1.29 is 19.1 Å². The topological polar surface area (TPSA) is 64.6 Å². The third-order valence-electron chi connectivity index (χ3n) is 3.13. The Labute approximate surface area is 149 Å². The van der Waals surface area contributed by atoms with E-state index in [0.29, 0.717) is 22.0 Å². The smallest absolute Gasteiger partial charge is 0.339 e. The molecule has 0 aromatic heterocycles. The number of carbonyl (C=O) groups is 2. The molecule has 0 saturated heterocycles. The van der Waals surface area contributed by atoms with E-state index in [9.17, 15) is 9.59 Å². The monoisotopic (exact) mass is 367 g/mol. The Balaban J connectivity index is 2.21. The van der Waals surface area contributed by atoms with Crippen LogP contribution in [-0.4, -0.2) is 25.6 Å². The number of hydrogen-bond donors (Lipinski definition) is 1. The Kier molecular flexibility index (Phi) is 6.06. The van der Waals surface area contributed by atoms with E-state index in [1.807, 2.05) is 0 Å². The number of ether oxygens (including phenoxy) is 2. The molecule has 0 heterocycles. The number of anilines is 1. The molecule has 1 amide bonds. The Morgan fingerprint density at radius 2 is 1.83 bits per heavy atom. The molecule has 2 aromatic carbocycles. The lowest BCUT2D eigenvalue weighted by Crippen LogP contribution is -2.13. The highest BCUT2D eigenvalue weighted by atomic mass is 35.5. The second kappa shape index (κ2) is 8.04. The summed E-state index contributed by atoms with van der Waals surface area (Å²) < 4.78 is 9.97. The number of methoxy groups -OCH3 is 1. The van der Waals surface area contributed by atoms with Crippen molar-refractivity contribution in [2.24, 2.45) is 0 Å². The number of carbonyl (C=O) groups excluding carboxylic acids is 2. The van der Waals surface area contributed by atoms with Crippen LogP contribution in [0.15, 0.2) is 36.4 Å². The number of nitrogens with one attached hydrogen (secondary N) is 1. The van der Waals surface area contributed by atoms with E-state index in [-0.39, 0.29) is 23.1 Å². The zero-order valence-electron chi connectivity index (χ0n) is 13.1. The number of esters is 1. The van der Waals surface area contributed by atoms with Gasteiger partial charge in [-0.25, -0.2) is 4.79 Å². The van der Waals surface area contributed by atoms with Crippen molar-refractivity contribution in [1.82, 2.24) is 0 Å². The van der Waals surface area contributed by atoms with Crippen LogP contribution in [0, 0.1) is 0 Å². The summed E-state index contributed by atoms with van der Waals surface area (Å²) in [5, 5.41) is 3.26. The third kappa shape index (κ3) is 4.19. The summed E-state index contributed by atoms with van der Waals surface area (Å²) >= 11 is 12.0. The molecule has 0 aliphatic carbocycles. The van der Waals surface area contributed by atoms with E-state index in [0.717, 1.165) is 0 Å². The van der Waals surface area contributed by atoms with Gasteiger partial charge in [0.1, 0.15) is 5.75 Å². The van der Waals surface area contributed by atoms with Crippen LogP contribution < -0.4 is 10.1 Å². The lowest BCUT2D eigenvalue weighted by Gasteiger charge is -2.10. The fourth-order valence-electron chi connectivity index (χ4n) is 1.98. The second-order valence-electron chi connectivity index (χ2n) is 4.72. The van der Waals surface area contributed by atoms with Crippen LogP contribution in [0.1, 0.15) is 27.6 Å². The van der Waals surface area contributed by atoms with Crippen molar-refractivity contribution in [3.63, 3.8) is 0 Å². The van der Waals surface area contributed by atoms with Crippen LogP contribution in [0.25, 0.3) is 0 Å². The van der Waals surface area contributed by atoms with Crippen molar-refractivity contribution in [2.75, 3.05) is 19.0 Å². The minimum atomic E-state index is -0.550. The SMILES string of the molecule is CCOC(=O)c1cc(NC(=O)c2ccc(OC)c(Cl)c2)ccc1Cl. The number of rotatable bonds is 5. The van der Waals surface area contributed by atoms with Gasteiger partial charge in [0.15, 0.2) is 0 Å². The highest BCUT2D eigenvalue weighted by Gasteiger charge is 2.14. The van der Waals surface area contributed by atoms with Gasteiger partial charge in [-0.2, -0.15) is 0 Å². The number of hydrogen-bond acceptors (Lipinski definition) is 4. The number of halogens is 2. The van der Waals surface area contributed by atoms with Crippen molar-refractivity contribution in [3.05, 3.63) is 57.6 Å². The summed E-state index contributed by atoms with van der Waals surface area (Å²) in [4.78, 5) is 24.1. The Hall–Kier alpha value is -2.24. The molecule has 0 bridgehead atoms. The predicted octanol–water partition coefficient (Wildman–Crippen LogP) is 4.43. The Bertz CT molecular complexity index is 777. The van der Waals surface area contributed by atoms with Gasteiger partial charge in [0.25, 0.3) is 5.91 Å². The molecule has 0 atom stereocenters. The maximum atomic E-state index is 12.3. The van der Waals surface area contributed by atoms with Crippen LogP contribution in [0.5, 0.6) is 5.75 Å². The van der Waals surface area contributed by atoms with Gasteiger partial charge >= 0.3 is 5.97 Å². The highest BCUT2D eigenvalue weighted by Crippen LogP contribution is 2.26. The summed E-state index contributed by atoms with van der Waals surface area (Å²) in [7, 11) is 1.49. The van der Waals surface area contributed by atoms with Gasteiger partial charge in [0.05, 0.1) is 29.3 Å². The number of benzene rings is 2. The normalized spacial score (nSPS) is 10.2. The summed E-state index contributed by atoms with van der Waals surface area (Å²) in [5.74, 6) is -0.452. The van der Waals surface area contributed by atoms with E-state index >= 15 is 0 Å². The van der Waals surface area contributed by atoms with Crippen molar-refractivity contribution in [1.29, 1.82) is 0 Å². The van der Waals surface area contributed by atoms with E-state index < -0.39 is 5.97 Å². The third-order valence-corrected chi connectivity index (χ3v) is 3.76. The van der Waals surface area contributed by atoms with Gasteiger partial charge in [-0.05, 0) is 43.3 Å². The van der Waals surface area contributed by atoms with Gasteiger partial charge in [-0.3, -0.25) is 4.79 Å². The van der Waals surface area contributed by atoms with Gasteiger partial charge in [-0.1, -0.05) is 23.2 Å². The van der Waals surface area contributed by atoms with Crippen LogP contribution >= 0.6 is 23.2 Å². The molecule has 2 rings (SSSR count). The molecule has 0 radical (unpaired) electrons. The van der Waals surface area contributed by atoms with Gasteiger partial charge in [0.2, 0.25) is 0 Å². The number of amides is 1. The molecule has 1 N–H and O–H groups in total. The van der Waals surface area contributed by atoms with Gasteiger partial charge < -0.3 is 14.8 Å². The average Bonchev–Trinajstić information content (AvgIpc) is 2.56. The molecule has 24 heavy (non-hydrogen) atoms. The zero-order valence-corrected chi connectivity index (χ0v) is 14.6. The summed E-state index contributed by atoms with van der Waals surface area (Å²) in [6.07, 6.45) is 0. The molecule has 2 aromatic rings.